The van der Waals surface area contributed by atoms with E-state index in [4.69, 9.17) is 14.6 Å². The third-order valence-corrected chi connectivity index (χ3v) is 7.37. The van der Waals surface area contributed by atoms with Gasteiger partial charge in [-0.1, -0.05) is 12.1 Å². The fourth-order valence-electron chi connectivity index (χ4n) is 4.32. The van der Waals surface area contributed by atoms with Crippen molar-refractivity contribution in [3.8, 4) is 17.1 Å². The Bertz CT molecular complexity index is 1340. The molecule has 2 aromatic heterocycles. The molecule has 0 amide bonds. The molecule has 4 heterocycles. The van der Waals surface area contributed by atoms with Crippen molar-refractivity contribution in [3.63, 3.8) is 0 Å². The summed E-state index contributed by atoms with van der Waals surface area (Å²) in [5, 5.41) is 5.24. The van der Waals surface area contributed by atoms with E-state index in [1.54, 1.807) is 12.3 Å². The number of benzene rings is 1. The summed E-state index contributed by atoms with van der Waals surface area (Å²) in [6.07, 6.45) is 2.28. The molecule has 0 aliphatic carbocycles. The highest BCUT2D eigenvalue weighted by atomic mass is 32.2. The van der Waals surface area contributed by atoms with Crippen molar-refractivity contribution >= 4 is 40.4 Å². The summed E-state index contributed by atoms with van der Waals surface area (Å²) in [4.78, 5) is 15.3. The zero-order valence-corrected chi connectivity index (χ0v) is 21.7. The van der Waals surface area contributed by atoms with Gasteiger partial charge in [-0.2, -0.15) is 26.2 Å². The van der Waals surface area contributed by atoms with Gasteiger partial charge in [0.25, 0.3) is 16.1 Å². The van der Waals surface area contributed by atoms with Crippen molar-refractivity contribution in [3.05, 3.63) is 42.7 Å². The summed E-state index contributed by atoms with van der Waals surface area (Å²) in [6, 6.07) is 9.33. The molecule has 37 heavy (non-hydrogen) atoms. The number of ether oxygens (including phenoxy) is 2. The maximum Gasteiger partial charge on any atom is 0.277 e. The van der Waals surface area contributed by atoms with Gasteiger partial charge in [0.05, 0.1) is 17.8 Å². The Morgan fingerprint density at radius 2 is 1.81 bits per heavy atom. The summed E-state index contributed by atoms with van der Waals surface area (Å²) in [5.41, 5.74) is 3.32. The van der Waals surface area contributed by atoms with E-state index in [0.717, 1.165) is 15.6 Å². The predicted molar refractivity (Wildman–Crippen MR) is 139 cm³/mol. The minimum absolute atomic E-state index is 0. The van der Waals surface area contributed by atoms with Gasteiger partial charge in [-0.05, 0) is 18.2 Å². The number of hydrogen-bond donors (Lipinski definition) is 1. The summed E-state index contributed by atoms with van der Waals surface area (Å²) in [5.74, 6) is -2.35. The van der Waals surface area contributed by atoms with Gasteiger partial charge in [-0.25, -0.2) is 23.9 Å². The molecule has 0 saturated carbocycles. The highest BCUT2D eigenvalue weighted by Gasteiger charge is 2.34. The Balaban J connectivity index is 0.00000320. The second-order valence-corrected chi connectivity index (χ2v) is 10.4. The van der Waals surface area contributed by atoms with Crippen LogP contribution in [-0.2, 0) is 14.9 Å². The van der Waals surface area contributed by atoms with Gasteiger partial charge in [0.15, 0.2) is 5.52 Å². The van der Waals surface area contributed by atoms with E-state index in [9.17, 15) is 17.2 Å². The van der Waals surface area contributed by atoms with E-state index in [0.29, 0.717) is 29.8 Å². The second kappa shape index (κ2) is 11.0. The number of nitrogens with zero attached hydrogens (tertiary/aromatic N) is 5. The number of alkyl halides is 2. The number of fused-ring (bicyclic) bond motifs is 1. The van der Waals surface area contributed by atoms with Crippen LogP contribution in [0.3, 0.4) is 0 Å². The van der Waals surface area contributed by atoms with E-state index in [2.05, 4.69) is 15.0 Å². The van der Waals surface area contributed by atoms with Gasteiger partial charge in [0.1, 0.15) is 12.7 Å². The lowest BCUT2D eigenvalue weighted by atomic mass is 10.0. The van der Waals surface area contributed by atoms with Gasteiger partial charge < -0.3 is 14.4 Å². The predicted octanol–water partition coefficient (Wildman–Crippen LogP) is 2.32. The average Bonchev–Trinajstić information content (AvgIpc) is 2.87. The molecule has 2 aliphatic rings. The minimum atomic E-state index is -3.82. The first-order chi connectivity index (χ1) is 17.2. The summed E-state index contributed by atoms with van der Waals surface area (Å²) >= 11 is 0. The Labute approximate surface area is 220 Å². The number of piperidine rings is 1. The summed E-state index contributed by atoms with van der Waals surface area (Å²) < 4.78 is 63.1. The molecule has 0 bridgehead atoms. The fraction of sp³-hybridized carbons (Fsp3) is 0.435. The second-order valence-electron chi connectivity index (χ2n) is 8.83. The third kappa shape index (κ3) is 6.44. The molecular formula is C23H28F2N6O4S2. The number of morpholine rings is 1. The molecule has 2 N–H and O–H groups in total. The molecule has 2 aliphatic heterocycles. The molecule has 200 valence electrons. The van der Waals surface area contributed by atoms with Gasteiger partial charge in [0.2, 0.25) is 5.88 Å². The SMILES string of the molecule is NS(=O)(=O)N1CCO[C@H](COc2nc(-c3ccc(N4CCC(F)(F)CC4)cc3)cc3nccnc23)C1.S. The van der Waals surface area contributed by atoms with Crippen LogP contribution in [0.4, 0.5) is 14.5 Å². The Morgan fingerprint density at radius 3 is 2.51 bits per heavy atom. The lowest BCUT2D eigenvalue weighted by Crippen LogP contribution is -2.49. The highest BCUT2D eigenvalue weighted by Crippen LogP contribution is 2.32. The van der Waals surface area contributed by atoms with E-state index in [1.165, 1.54) is 6.20 Å². The highest BCUT2D eigenvalue weighted by molar-refractivity contribution is 7.86. The minimum Gasteiger partial charge on any atom is -0.473 e. The molecule has 14 heteroatoms. The van der Waals surface area contributed by atoms with Gasteiger partial charge >= 0.3 is 0 Å². The fourth-order valence-corrected chi connectivity index (χ4v) is 5.03. The topological polar surface area (TPSA) is 124 Å². The lowest BCUT2D eigenvalue weighted by Gasteiger charge is -2.33. The number of aromatic nitrogens is 3. The molecule has 1 aromatic carbocycles. The van der Waals surface area contributed by atoms with E-state index in [-0.39, 0.29) is 58.5 Å². The average molecular weight is 555 g/mol. The third-order valence-electron chi connectivity index (χ3n) is 6.32. The smallest absolute Gasteiger partial charge is 0.277 e. The zero-order valence-electron chi connectivity index (χ0n) is 19.9. The van der Waals surface area contributed by atoms with Crippen molar-refractivity contribution in [1.82, 2.24) is 19.3 Å². The molecule has 2 fully saturated rings. The number of pyridine rings is 1. The van der Waals surface area contributed by atoms with Crippen LogP contribution >= 0.6 is 13.5 Å². The molecule has 5 rings (SSSR count). The number of rotatable bonds is 6. The standard InChI is InChI=1S/C23H26F2N6O4S.H2S/c24-23(25)5-9-30(10-6-23)17-3-1-16(2-4-17)19-13-20-21(28-8-7-27-20)22(29-19)35-15-18-14-31(11-12-34-18)36(26,32)33;/h1-4,7-8,13,18H,5-6,9-12,14-15H2,(H2,26,32,33);1H2/t18-;/m0./s1. The molecule has 0 spiro atoms. The molecule has 0 unspecified atom stereocenters. The Kier molecular flexibility index (Phi) is 8.14. The zero-order chi connectivity index (χ0) is 25.3. The summed E-state index contributed by atoms with van der Waals surface area (Å²) in [7, 11) is -3.82. The Hall–Kier alpha value is -2.65. The molecule has 2 saturated heterocycles. The van der Waals surface area contributed by atoms with Crippen LogP contribution in [0.1, 0.15) is 12.8 Å². The maximum atomic E-state index is 13.5. The first kappa shape index (κ1) is 27.4. The Morgan fingerprint density at radius 1 is 1.11 bits per heavy atom. The molecule has 1 atom stereocenters. The van der Waals surface area contributed by atoms with E-state index in [1.807, 2.05) is 29.2 Å². The van der Waals surface area contributed by atoms with Crippen LogP contribution in [0, 0.1) is 0 Å². The molecule has 10 nitrogen and oxygen atoms in total. The molecule has 0 radical (unpaired) electrons. The van der Waals surface area contributed by atoms with Gasteiger partial charge in [0, 0.05) is 62.7 Å². The molecule has 3 aromatic rings. The van der Waals surface area contributed by atoms with Gasteiger partial charge in [-0.3, -0.25) is 4.98 Å². The van der Waals surface area contributed by atoms with E-state index >= 15 is 0 Å². The van der Waals surface area contributed by atoms with Crippen LogP contribution in [0.15, 0.2) is 42.7 Å². The monoisotopic (exact) mass is 554 g/mol. The quantitative estimate of drug-likeness (QED) is 0.493. The number of halogens is 2. The van der Waals surface area contributed by atoms with Crippen molar-refractivity contribution < 1.29 is 26.7 Å². The van der Waals surface area contributed by atoms with Crippen LogP contribution in [0.25, 0.3) is 22.3 Å². The molecular weight excluding hydrogens is 526 g/mol. The number of hydrogen-bond acceptors (Lipinski definition) is 8. The van der Waals surface area contributed by atoms with Crippen molar-refractivity contribution in [2.45, 2.75) is 24.9 Å². The van der Waals surface area contributed by atoms with E-state index < -0.39 is 22.2 Å². The summed E-state index contributed by atoms with van der Waals surface area (Å²) in [6.45, 7) is 1.13. The van der Waals surface area contributed by atoms with Crippen LogP contribution in [-0.4, -0.2) is 79.1 Å². The lowest BCUT2D eigenvalue weighted by molar-refractivity contribution is -0.0254. The largest absolute Gasteiger partial charge is 0.473 e. The van der Waals surface area contributed by atoms with Crippen LogP contribution in [0.2, 0.25) is 0 Å². The maximum absolute atomic E-state index is 13.5. The first-order valence-corrected chi connectivity index (χ1v) is 13.1. The van der Waals surface area contributed by atoms with Crippen molar-refractivity contribution in [1.29, 1.82) is 0 Å². The normalized spacial score (nSPS) is 20.4. The van der Waals surface area contributed by atoms with Crippen molar-refractivity contribution in [2.75, 3.05) is 44.3 Å². The first-order valence-electron chi connectivity index (χ1n) is 11.6. The number of anilines is 1. The van der Waals surface area contributed by atoms with Crippen LogP contribution in [0.5, 0.6) is 5.88 Å². The van der Waals surface area contributed by atoms with Gasteiger partial charge in [-0.15, -0.1) is 0 Å². The number of nitrogens with two attached hydrogens (primary N) is 1. The van der Waals surface area contributed by atoms with Crippen molar-refractivity contribution in [2.24, 2.45) is 5.14 Å². The van der Waals surface area contributed by atoms with Crippen LogP contribution < -0.4 is 14.8 Å².